The lowest BCUT2D eigenvalue weighted by molar-refractivity contribution is 0.866. The molecule has 0 unspecified atom stereocenters. The Morgan fingerprint density at radius 3 is 2.62 bits per heavy atom. The SMILES string of the molecule is CN(Cc1ccsc1)c1ncc(CCl)cn1. The van der Waals surface area contributed by atoms with Crippen molar-refractivity contribution in [3.63, 3.8) is 0 Å². The highest BCUT2D eigenvalue weighted by Gasteiger charge is 2.05. The van der Waals surface area contributed by atoms with E-state index in [1.807, 2.05) is 11.9 Å². The van der Waals surface area contributed by atoms with Gasteiger partial charge in [0.25, 0.3) is 0 Å². The van der Waals surface area contributed by atoms with E-state index in [1.165, 1.54) is 5.56 Å². The second kappa shape index (κ2) is 5.27. The molecule has 2 heterocycles. The maximum atomic E-state index is 5.68. The van der Waals surface area contributed by atoms with Crippen LogP contribution in [-0.4, -0.2) is 17.0 Å². The van der Waals surface area contributed by atoms with Crippen molar-refractivity contribution in [3.8, 4) is 0 Å². The Labute approximate surface area is 104 Å². The number of rotatable bonds is 4. The van der Waals surface area contributed by atoms with Gasteiger partial charge < -0.3 is 4.90 Å². The minimum Gasteiger partial charge on any atom is -0.340 e. The summed E-state index contributed by atoms with van der Waals surface area (Å²) in [5.74, 6) is 1.18. The normalized spacial score (nSPS) is 10.4. The van der Waals surface area contributed by atoms with Crippen molar-refractivity contribution in [1.29, 1.82) is 0 Å². The lowest BCUT2D eigenvalue weighted by Gasteiger charge is -2.15. The molecule has 5 heteroatoms. The Morgan fingerprint density at radius 1 is 1.31 bits per heavy atom. The third-order valence-corrected chi connectivity index (χ3v) is 3.23. The Kier molecular flexibility index (Phi) is 3.74. The molecular formula is C11H12ClN3S. The summed E-state index contributed by atoms with van der Waals surface area (Å²) < 4.78 is 0. The van der Waals surface area contributed by atoms with E-state index in [-0.39, 0.29) is 0 Å². The first-order valence-electron chi connectivity index (χ1n) is 4.88. The van der Waals surface area contributed by atoms with Gasteiger partial charge >= 0.3 is 0 Å². The van der Waals surface area contributed by atoms with Crippen molar-refractivity contribution >= 4 is 28.9 Å². The van der Waals surface area contributed by atoms with Crippen LogP contribution in [0.4, 0.5) is 5.95 Å². The van der Waals surface area contributed by atoms with Crippen molar-refractivity contribution in [2.45, 2.75) is 12.4 Å². The zero-order valence-corrected chi connectivity index (χ0v) is 10.5. The predicted octanol–water partition coefficient (Wildman–Crippen LogP) is 2.91. The molecule has 2 aromatic heterocycles. The molecule has 0 aliphatic rings. The first-order valence-corrected chi connectivity index (χ1v) is 6.36. The van der Waals surface area contributed by atoms with Gasteiger partial charge in [0.15, 0.2) is 0 Å². The van der Waals surface area contributed by atoms with E-state index in [9.17, 15) is 0 Å². The van der Waals surface area contributed by atoms with Crippen LogP contribution in [0.3, 0.4) is 0 Å². The van der Waals surface area contributed by atoms with Gasteiger partial charge in [-0.1, -0.05) is 0 Å². The van der Waals surface area contributed by atoms with Gasteiger partial charge in [0.05, 0.1) is 5.88 Å². The van der Waals surface area contributed by atoms with Crippen LogP contribution < -0.4 is 4.90 Å². The number of anilines is 1. The van der Waals surface area contributed by atoms with Crippen LogP contribution in [0.2, 0.25) is 0 Å². The first kappa shape index (κ1) is 11.4. The second-order valence-corrected chi connectivity index (χ2v) is 4.56. The molecule has 2 rings (SSSR count). The van der Waals surface area contributed by atoms with E-state index >= 15 is 0 Å². The molecule has 0 atom stereocenters. The van der Waals surface area contributed by atoms with Crippen molar-refractivity contribution in [2.75, 3.05) is 11.9 Å². The lowest BCUT2D eigenvalue weighted by atomic mass is 10.3. The largest absolute Gasteiger partial charge is 0.340 e. The highest BCUT2D eigenvalue weighted by Crippen LogP contribution is 2.13. The van der Waals surface area contributed by atoms with Crippen LogP contribution in [0.1, 0.15) is 11.1 Å². The quantitative estimate of drug-likeness (QED) is 0.785. The molecule has 0 saturated carbocycles. The van der Waals surface area contributed by atoms with Crippen molar-refractivity contribution < 1.29 is 0 Å². The molecule has 0 bridgehead atoms. The average molecular weight is 254 g/mol. The van der Waals surface area contributed by atoms with Crippen LogP contribution >= 0.6 is 22.9 Å². The van der Waals surface area contributed by atoms with Crippen LogP contribution in [0, 0.1) is 0 Å². The standard InChI is InChI=1S/C11H12ClN3S/c1-15(7-9-2-3-16-8-9)11-13-5-10(4-12)6-14-11/h2-3,5-6,8H,4,7H2,1H3. The molecule has 0 amide bonds. The number of alkyl halides is 1. The highest BCUT2D eigenvalue weighted by molar-refractivity contribution is 7.07. The van der Waals surface area contributed by atoms with Gasteiger partial charge in [-0.3, -0.25) is 0 Å². The van der Waals surface area contributed by atoms with Crippen LogP contribution in [0.15, 0.2) is 29.2 Å². The lowest BCUT2D eigenvalue weighted by Crippen LogP contribution is -2.18. The van der Waals surface area contributed by atoms with E-state index in [1.54, 1.807) is 23.7 Å². The monoisotopic (exact) mass is 253 g/mol. The van der Waals surface area contributed by atoms with E-state index in [0.717, 1.165) is 18.1 Å². The van der Waals surface area contributed by atoms with Gasteiger partial charge in [0.2, 0.25) is 5.95 Å². The molecule has 0 radical (unpaired) electrons. The van der Waals surface area contributed by atoms with E-state index < -0.39 is 0 Å². The fourth-order valence-electron chi connectivity index (χ4n) is 1.34. The molecule has 3 nitrogen and oxygen atoms in total. The van der Waals surface area contributed by atoms with Gasteiger partial charge in [-0.15, -0.1) is 11.6 Å². The van der Waals surface area contributed by atoms with Crippen molar-refractivity contribution in [3.05, 3.63) is 40.3 Å². The molecular weight excluding hydrogens is 242 g/mol. The Bertz CT molecular complexity index is 427. The molecule has 0 aliphatic carbocycles. The van der Waals surface area contributed by atoms with Crippen LogP contribution in [-0.2, 0) is 12.4 Å². The van der Waals surface area contributed by atoms with Gasteiger partial charge in [0.1, 0.15) is 0 Å². The van der Waals surface area contributed by atoms with Crippen LogP contribution in [0.5, 0.6) is 0 Å². The molecule has 16 heavy (non-hydrogen) atoms. The highest BCUT2D eigenvalue weighted by atomic mass is 35.5. The Balaban J connectivity index is 2.05. The Hall–Kier alpha value is -1.13. The number of hydrogen-bond acceptors (Lipinski definition) is 4. The smallest absolute Gasteiger partial charge is 0.225 e. The van der Waals surface area contributed by atoms with E-state index in [2.05, 4.69) is 26.8 Å². The van der Waals surface area contributed by atoms with Gasteiger partial charge in [-0.2, -0.15) is 11.3 Å². The summed E-state index contributed by atoms with van der Waals surface area (Å²) in [5, 5.41) is 4.20. The van der Waals surface area contributed by atoms with Gasteiger partial charge in [-0.25, -0.2) is 9.97 Å². The fraction of sp³-hybridized carbons (Fsp3) is 0.273. The summed E-state index contributed by atoms with van der Waals surface area (Å²) in [4.78, 5) is 10.5. The average Bonchev–Trinajstić information content (AvgIpc) is 2.82. The molecule has 2 aromatic rings. The van der Waals surface area contributed by atoms with E-state index in [0.29, 0.717) is 5.88 Å². The molecule has 0 saturated heterocycles. The van der Waals surface area contributed by atoms with E-state index in [4.69, 9.17) is 11.6 Å². The number of aromatic nitrogens is 2. The summed E-state index contributed by atoms with van der Waals surface area (Å²) >= 11 is 7.38. The molecule has 84 valence electrons. The molecule has 0 fully saturated rings. The summed E-state index contributed by atoms with van der Waals surface area (Å²) in [7, 11) is 1.98. The number of hydrogen-bond donors (Lipinski definition) is 0. The predicted molar refractivity (Wildman–Crippen MR) is 68.0 cm³/mol. The zero-order valence-electron chi connectivity index (χ0n) is 8.93. The minimum atomic E-state index is 0.453. The summed E-state index contributed by atoms with van der Waals surface area (Å²) in [5.41, 5.74) is 2.21. The number of halogens is 1. The third-order valence-electron chi connectivity index (χ3n) is 2.19. The first-order chi connectivity index (χ1) is 7.79. The van der Waals surface area contributed by atoms with Gasteiger partial charge in [-0.05, 0) is 22.4 Å². The van der Waals surface area contributed by atoms with Crippen molar-refractivity contribution in [2.24, 2.45) is 0 Å². The fourth-order valence-corrected chi connectivity index (χ4v) is 2.14. The molecule has 0 N–H and O–H groups in total. The third kappa shape index (κ3) is 2.71. The number of nitrogens with zero attached hydrogens (tertiary/aromatic N) is 3. The molecule has 0 aromatic carbocycles. The summed E-state index contributed by atoms with van der Waals surface area (Å²) in [6, 6.07) is 2.11. The summed E-state index contributed by atoms with van der Waals surface area (Å²) in [6.07, 6.45) is 3.53. The number of thiophene rings is 1. The minimum absolute atomic E-state index is 0.453. The topological polar surface area (TPSA) is 29.0 Å². The van der Waals surface area contributed by atoms with Crippen molar-refractivity contribution in [1.82, 2.24) is 9.97 Å². The second-order valence-electron chi connectivity index (χ2n) is 3.51. The summed E-state index contributed by atoms with van der Waals surface area (Å²) in [6.45, 7) is 0.823. The maximum Gasteiger partial charge on any atom is 0.225 e. The molecule has 0 aliphatic heterocycles. The Morgan fingerprint density at radius 2 is 2.06 bits per heavy atom. The van der Waals surface area contributed by atoms with Gasteiger partial charge in [0, 0.05) is 31.5 Å². The van der Waals surface area contributed by atoms with Crippen LogP contribution in [0.25, 0.3) is 0 Å². The zero-order chi connectivity index (χ0) is 11.4. The maximum absolute atomic E-state index is 5.68. The molecule has 0 spiro atoms.